The van der Waals surface area contributed by atoms with Gasteiger partial charge in [0, 0.05) is 19.3 Å². The Hall–Kier alpha value is -3.15. The number of ether oxygens (including phenoxy) is 3. The van der Waals surface area contributed by atoms with E-state index in [1.807, 2.05) is 0 Å². The molecule has 0 N–H and O–H groups in total. The van der Waals surface area contributed by atoms with Crippen LogP contribution in [-0.4, -0.2) is 37.2 Å². The van der Waals surface area contributed by atoms with E-state index in [2.05, 4.69) is 93.7 Å². The predicted molar refractivity (Wildman–Crippen MR) is 316 cm³/mol. The Kier molecular flexibility index (Phi) is 58.7. The summed E-state index contributed by atoms with van der Waals surface area (Å²) in [6.07, 6.45) is 79.1. The highest BCUT2D eigenvalue weighted by Gasteiger charge is 2.19. The van der Waals surface area contributed by atoms with Crippen LogP contribution in [-0.2, 0) is 28.6 Å². The van der Waals surface area contributed by atoms with Crippen LogP contribution in [0.5, 0.6) is 0 Å². The molecule has 0 saturated carbocycles. The van der Waals surface area contributed by atoms with E-state index in [1.165, 1.54) is 193 Å². The third-order valence-corrected chi connectivity index (χ3v) is 13.7. The molecule has 73 heavy (non-hydrogen) atoms. The second-order valence-electron chi connectivity index (χ2n) is 20.9. The summed E-state index contributed by atoms with van der Waals surface area (Å²) < 4.78 is 16.9. The van der Waals surface area contributed by atoms with Crippen LogP contribution in [0.15, 0.2) is 72.9 Å². The molecule has 0 aliphatic heterocycles. The van der Waals surface area contributed by atoms with Crippen LogP contribution in [0.2, 0.25) is 0 Å². The molecule has 0 fully saturated rings. The highest BCUT2D eigenvalue weighted by Crippen LogP contribution is 2.17. The average molecular weight is 1020 g/mol. The van der Waals surface area contributed by atoms with Crippen molar-refractivity contribution in [1.29, 1.82) is 0 Å². The summed E-state index contributed by atoms with van der Waals surface area (Å²) in [5, 5.41) is 0. The van der Waals surface area contributed by atoms with Gasteiger partial charge < -0.3 is 14.2 Å². The topological polar surface area (TPSA) is 78.9 Å². The maximum absolute atomic E-state index is 12.9. The Balaban J connectivity index is 4.40. The zero-order chi connectivity index (χ0) is 52.9. The highest BCUT2D eigenvalue weighted by atomic mass is 16.6. The minimum Gasteiger partial charge on any atom is -0.462 e. The van der Waals surface area contributed by atoms with Gasteiger partial charge in [-0.25, -0.2) is 0 Å². The number of hydrogen-bond donors (Lipinski definition) is 0. The summed E-state index contributed by atoms with van der Waals surface area (Å²) >= 11 is 0. The summed E-state index contributed by atoms with van der Waals surface area (Å²) in [6.45, 7) is 6.51. The molecule has 0 unspecified atom stereocenters. The van der Waals surface area contributed by atoms with Crippen LogP contribution < -0.4 is 0 Å². The first kappa shape index (κ1) is 69.8. The van der Waals surface area contributed by atoms with Gasteiger partial charge in [0.1, 0.15) is 13.2 Å². The molecule has 0 amide bonds. The molecule has 0 spiro atoms. The molecule has 1 atom stereocenters. The van der Waals surface area contributed by atoms with Gasteiger partial charge in [-0.05, 0) is 83.5 Å². The summed E-state index contributed by atoms with van der Waals surface area (Å²) in [7, 11) is 0. The molecule has 6 nitrogen and oxygen atoms in total. The fraction of sp³-hybridized carbons (Fsp3) is 0.776. The average Bonchev–Trinajstić information content (AvgIpc) is 3.39. The van der Waals surface area contributed by atoms with Crippen molar-refractivity contribution in [2.75, 3.05) is 13.2 Å². The Labute approximate surface area is 453 Å². The molecule has 0 aliphatic rings. The van der Waals surface area contributed by atoms with Crippen molar-refractivity contribution < 1.29 is 28.6 Å². The van der Waals surface area contributed by atoms with Crippen molar-refractivity contribution in [2.24, 2.45) is 0 Å². The van der Waals surface area contributed by atoms with Crippen LogP contribution in [0.1, 0.15) is 316 Å². The molecule has 0 rings (SSSR count). The van der Waals surface area contributed by atoms with Gasteiger partial charge in [0.05, 0.1) is 0 Å². The lowest BCUT2D eigenvalue weighted by atomic mass is 10.0. The lowest BCUT2D eigenvalue weighted by Crippen LogP contribution is -2.30. The highest BCUT2D eigenvalue weighted by molar-refractivity contribution is 5.71. The first-order chi connectivity index (χ1) is 36.0. The summed E-state index contributed by atoms with van der Waals surface area (Å²) in [5.41, 5.74) is 0. The Bertz CT molecular complexity index is 1360. The second-order valence-corrected chi connectivity index (χ2v) is 20.9. The fourth-order valence-corrected chi connectivity index (χ4v) is 9.00. The minimum atomic E-state index is -0.806. The summed E-state index contributed by atoms with van der Waals surface area (Å²) in [5.74, 6) is -0.945. The standard InChI is InChI=1S/C67H118O6/c1-4-7-10-13-16-19-22-25-28-31-32-33-34-37-39-42-45-48-51-54-57-60-66(69)72-63-64(73-67(70)61-58-55-52-49-46-43-40-36-30-27-24-21-18-15-12-9-6-3)62-71-65(68)59-56-53-50-47-44-41-38-35-29-26-23-20-17-14-11-8-5-2/h9,12,18,21,26-27,29-30,40,43,49,52,64H,4-8,10-11,13-17,19-20,22-25,28,31-39,41-42,44-48,50-51,53-63H2,1-3H3/b12-9-,21-18-,29-26-,30-27-,43-40-,52-49-/t64-/m1/s1. The number of carbonyl (C=O) groups is 3. The molecule has 0 aromatic rings. The largest absolute Gasteiger partial charge is 0.462 e. The molecule has 0 saturated heterocycles. The zero-order valence-electron chi connectivity index (χ0n) is 48.4. The summed E-state index contributed by atoms with van der Waals surface area (Å²) in [6, 6.07) is 0. The molecule has 422 valence electrons. The van der Waals surface area contributed by atoms with Crippen molar-refractivity contribution in [3.05, 3.63) is 72.9 Å². The van der Waals surface area contributed by atoms with Crippen molar-refractivity contribution in [3.63, 3.8) is 0 Å². The van der Waals surface area contributed by atoms with E-state index in [4.69, 9.17) is 14.2 Å². The maximum Gasteiger partial charge on any atom is 0.306 e. The maximum atomic E-state index is 12.9. The molecular formula is C67H118O6. The van der Waals surface area contributed by atoms with Crippen molar-refractivity contribution >= 4 is 17.9 Å². The number of rotatable bonds is 57. The Morgan fingerprint density at radius 1 is 0.288 bits per heavy atom. The molecule has 0 bridgehead atoms. The van der Waals surface area contributed by atoms with Crippen LogP contribution in [0.4, 0.5) is 0 Å². The molecule has 0 radical (unpaired) electrons. The Morgan fingerprint density at radius 3 is 0.890 bits per heavy atom. The fourth-order valence-electron chi connectivity index (χ4n) is 9.00. The van der Waals surface area contributed by atoms with Crippen LogP contribution >= 0.6 is 0 Å². The van der Waals surface area contributed by atoms with E-state index >= 15 is 0 Å². The summed E-state index contributed by atoms with van der Waals surface area (Å²) in [4.78, 5) is 38.3. The van der Waals surface area contributed by atoms with Gasteiger partial charge in [-0.2, -0.15) is 0 Å². The van der Waals surface area contributed by atoms with E-state index in [-0.39, 0.29) is 37.5 Å². The van der Waals surface area contributed by atoms with E-state index in [0.29, 0.717) is 19.3 Å². The van der Waals surface area contributed by atoms with Crippen LogP contribution in [0.3, 0.4) is 0 Å². The smallest absolute Gasteiger partial charge is 0.306 e. The molecule has 0 aromatic heterocycles. The Morgan fingerprint density at radius 2 is 0.548 bits per heavy atom. The normalized spacial score (nSPS) is 12.5. The number of esters is 3. The minimum absolute atomic E-state index is 0.0964. The van der Waals surface area contributed by atoms with Crippen molar-refractivity contribution in [3.8, 4) is 0 Å². The monoisotopic (exact) mass is 1020 g/mol. The first-order valence-electron chi connectivity index (χ1n) is 31.4. The van der Waals surface area contributed by atoms with Gasteiger partial charge >= 0.3 is 17.9 Å². The third kappa shape index (κ3) is 59.6. The molecule has 0 aromatic carbocycles. The van der Waals surface area contributed by atoms with E-state index < -0.39 is 6.10 Å². The quantitative estimate of drug-likeness (QED) is 0.0261. The third-order valence-electron chi connectivity index (χ3n) is 13.7. The number of unbranched alkanes of at least 4 members (excludes halogenated alkanes) is 34. The predicted octanol–water partition coefficient (Wildman–Crippen LogP) is 21.3. The first-order valence-corrected chi connectivity index (χ1v) is 31.4. The second kappa shape index (κ2) is 61.4. The van der Waals surface area contributed by atoms with E-state index in [9.17, 15) is 14.4 Å². The van der Waals surface area contributed by atoms with Crippen molar-refractivity contribution in [1.82, 2.24) is 0 Å². The number of allylic oxidation sites excluding steroid dienone is 12. The van der Waals surface area contributed by atoms with Crippen molar-refractivity contribution in [2.45, 2.75) is 322 Å². The molecule has 6 heteroatoms. The van der Waals surface area contributed by atoms with Gasteiger partial charge in [0.25, 0.3) is 0 Å². The van der Waals surface area contributed by atoms with E-state index in [0.717, 1.165) is 77.0 Å². The molecule has 0 aliphatic carbocycles. The van der Waals surface area contributed by atoms with Gasteiger partial charge in [-0.15, -0.1) is 0 Å². The molecule has 0 heterocycles. The zero-order valence-corrected chi connectivity index (χ0v) is 48.4. The number of hydrogen-bond acceptors (Lipinski definition) is 6. The van der Waals surface area contributed by atoms with Crippen LogP contribution in [0, 0.1) is 0 Å². The number of carbonyl (C=O) groups excluding carboxylic acids is 3. The molecular weight excluding hydrogens is 901 g/mol. The van der Waals surface area contributed by atoms with Gasteiger partial charge in [-0.3, -0.25) is 14.4 Å². The lowest BCUT2D eigenvalue weighted by Gasteiger charge is -2.18. The van der Waals surface area contributed by atoms with Gasteiger partial charge in [-0.1, -0.05) is 286 Å². The SMILES string of the molecule is CC/C=C\C/C=C\C/C=C\C/C=C\C/C=C\CCCC(=O)O[C@H](COC(=O)CCCCCCCCC/C=C\CCCCCCCC)COC(=O)CCCCCCCCCCCCCCCCCCCCCCC. The lowest BCUT2D eigenvalue weighted by molar-refractivity contribution is -0.167. The van der Waals surface area contributed by atoms with Gasteiger partial charge in [0.15, 0.2) is 6.10 Å². The van der Waals surface area contributed by atoms with Crippen LogP contribution in [0.25, 0.3) is 0 Å². The van der Waals surface area contributed by atoms with E-state index in [1.54, 1.807) is 0 Å². The van der Waals surface area contributed by atoms with Gasteiger partial charge in [0.2, 0.25) is 0 Å².